The number of benzene rings is 2. The van der Waals surface area contributed by atoms with E-state index in [9.17, 15) is 10.1 Å². The standard InChI is InChI=1S/C26H31N5O2/c1-33-23-12-6-5-11-22(23)24(32)28-19-26(21-9-3-2-4-10-21)13-17-31(18-14-26)25(29-20-27)30-15-7-8-16-30/h2-6,9-12H,7-8,13-19H2,1H3,(H,28,32). The minimum absolute atomic E-state index is 0.131. The largest absolute Gasteiger partial charge is 0.496 e. The van der Waals surface area contributed by atoms with Crippen LogP contribution in [0.3, 0.4) is 0 Å². The molecule has 0 aliphatic carbocycles. The number of nitriles is 1. The first kappa shape index (κ1) is 22.7. The van der Waals surface area contributed by atoms with Crippen molar-refractivity contribution in [2.24, 2.45) is 4.99 Å². The van der Waals surface area contributed by atoms with Crippen molar-refractivity contribution in [2.45, 2.75) is 31.1 Å². The first-order valence-electron chi connectivity index (χ1n) is 11.6. The number of likely N-dealkylation sites (tertiary alicyclic amines) is 2. The average Bonchev–Trinajstić information content (AvgIpc) is 3.41. The summed E-state index contributed by atoms with van der Waals surface area (Å²) >= 11 is 0. The van der Waals surface area contributed by atoms with E-state index in [2.05, 4.69) is 44.4 Å². The normalized spacial score (nSPS) is 18.0. The number of para-hydroxylation sites is 1. The van der Waals surface area contributed by atoms with Crippen LogP contribution in [0.2, 0.25) is 0 Å². The van der Waals surface area contributed by atoms with Crippen LogP contribution in [0, 0.1) is 11.5 Å². The molecule has 2 saturated heterocycles. The predicted octanol–water partition coefficient (Wildman–Crippen LogP) is 3.39. The van der Waals surface area contributed by atoms with E-state index in [1.165, 1.54) is 5.56 Å². The Kier molecular flexibility index (Phi) is 7.13. The fraction of sp³-hybridized carbons (Fsp3) is 0.423. The van der Waals surface area contributed by atoms with Crippen LogP contribution in [-0.4, -0.2) is 61.5 Å². The van der Waals surface area contributed by atoms with E-state index in [1.807, 2.05) is 24.4 Å². The Morgan fingerprint density at radius 2 is 1.67 bits per heavy atom. The van der Waals surface area contributed by atoms with Crippen LogP contribution < -0.4 is 10.1 Å². The van der Waals surface area contributed by atoms with Crippen molar-refractivity contribution in [3.05, 3.63) is 65.7 Å². The number of hydrogen-bond donors (Lipinski definition) is 1. The minimum atomic E-state index is -0.182. The topological polar surface area (TPSA) is 81.0 Å². The van der Waals surface area contributed by atoms with Gasteiger partial charge in [0.15, 0.2) is 0 Å². The van der Waals surface area contributed by atoms with E-state index in [0.29, 0.717) is 17.9 Å². The number of rotatable bonds is 5. The first-order chi connectivity index (χ1) is 16.2. The van der Waals surface area contributed by atoms with Gasteiger partial charge < -0.3 is 19.9 Å². The van der Waals surface area contributed by atoms with Crippen molar-refractivity contribution in [3.63, 3.8) is 0 Å². The summed E-state index contributed by atoms with van der Waals surface area (Å²) in [4.78, 5) is 21.6. The molecule has 0 radical (unpaired) electrons. The van der Waals surface area contributed by atoms with Gasteiger partial charge in [-0.3, -0.25) is 4.79 Å². The number of nitrogens with zero attached hydrogens (tertiary/aromatic N) is 4. The summed E-state index contributed by atoms with van der Waals surface area (Å²) in [5.74, 6) is 1.24. The molecule has 2 fully saturated rings. The van der Waals surface area contributed by atoms with E-state index in [4.69, 9.17) is 4.74 Å². The van der Waals surface area contributed by atoms with Crippen LogP contribution >= 0.6 is 0 Å². The van der Waals surface area contributed by atoms with E-state index in [-0.39, 0.29) is 11.3 Å². The summed E-state index contributed by atoms with van der Waals surface area (Å²) in [5.41, 5.74) is 1.58. The van der Waals surface area contributed by atoms with Gasteiger partial charge in [-0.05, 0) is 43.4 Å². The fourth-order valence-electron chi connectivity index (χ4n) is 4.97. The maximum atomic E-state index is 13.0. The van der Waals surface area contributed by atoms with Gasteiger partial charge in [0.05, 0.1) is 12.7 Å². The zero-order valence-electron chi connectivity index (χ0n) is 19.2. The van der Waals surface area contributed by atoms with E-state index in [0.717, 1.165) is 57.8 Å². The van der Waals surface area contributed by atoms with Crippen molar-refractivity contribution in [1.82, 2.24) is 15.1 Å². The van der Waals surface area contributed by atoms with Crippen LogP contribution in [-0.2, 0) is 5.41 Å². The summed E-state index contributed by atoms with van der Waals surface area (Å²) in [6, 6.07) is 17.7. The number of guanidine groups is 1. The van der Waals surface area contributed by atoms with Crippen molar-refractivity contribution >= 4 is 11.9 Å². The maximum absolute atomic E-state index is 13.0. The molecule has 0 bridgehead atoms. The number of aliphatic imine (C=N–C) groups is 1. The molecule has 2 aliphatic rings. The zero-order chi connectivity index (χ0) is 23.1. The van der Waals surface area contributed by atoms with Crippen molar-refractivity contribution in [3.8, 4) is 11.9 Å². The van der Waals surface area contributed by atoms with Gasteiger partial charge in [0.25, 0.3) is 5.91 Å². The second-order valence-electron chi connectivity index (χ2n) is 8.72. The van der Waals surface area contributed by atoms with E-state index >= 15 is 0 Å². The van der Waals surface area contributed by atoms with Crippen molar-refractivity contribution < 1.29 is 9.53 Å². The Bertz CT molecular complexity index is 1020. The summed E-state index contributed by atoms with van der Waals surface area (Å²) < 4.78 is 5.37. The molecule has 0 atom stereocenters. The molecule has 0 aromatic heterocycles. The van der Waals surface area contributed by atoms with Crippen LogP contribution in [0.15, 0.2) is 59.6 Å². The quantitative estimate of drug-likeness (QED) is 0.433. The number of carbonyl (C=O) groups is 1. The third kappa shape index (κ3) is 4.95. The third-order valence-electron chi connectivity index (χ3n) is 6.87. The van der Waals surface area contributed by atoms with Crippen LogP contribution in [0.25, 0.3) is 0 Å². The SMILES string of the molecule is COc1ccccc1C(=O)NCC1(c2ccccc2)CCN(C(=NC#N)N2CCCC2)CC1. The molecule has 33 heavy (non-hydrogen) atoms. The van der Waals surface area contributed by atoms with Gasteiger partial charge in [-0.1, -0.05) is 42.5 Å². The molecule has 1 N–H and O–H groups in total. The van der Waals surface area contributed by atoms with E-state index < -0.39 is 0 Å². The summed E-state index contributed by atoms with van der Waals surface area (Å²) in [6.07, 6.45) is 6.00. The maximum Gasteiger partial charge on any atom is 0.255 e. The lowest BCUT2D eigenvalue weighted by molar-refractivity contribution is 0.0928. The molecular formula is C26H31N5O2. The van der Waals surface area contributed by atoms with Gasteiger partial charge in [-0.25, -0.2) is 0 Å². The average molecular weight is 446 g/mol. The van der Waals surface area contributed by atoms with Crippen molar-refractivity contribution in [1.29, 1.82) is 5.26 Å². The predicted molar refractivity (Wildman–Crippen MR) is 128 cm³/mol. The smallest absolute Gasteiger partial charge is 0.255 e. The Hall–Kier alpha value is -3.53. The van der Waals surface area contributed by atoms with Gasteiger partial charge in [-0.2, -0.15) is 5.26 Å². The number of nitrogens with one attached hydrogen (secondary N) is 1. The lowest BCUT2D eigenvalue weighted by Gasteiger charge is -2.44. The van der Waals surface area contributed by atoms with Gasteiger partial charge >= 0.3 is 0 Å². The lowest BCUT2D eigenvalue weighted by Crippen LogP contribution is -2.53. The molecular weight excluding hydrogens is 414 g/mol. The number of methoxy groups -OCH3 is 1. The number of hydrogen-bond acceptors (Lipinski definition) is 4. The highest BCUT2D eigenvalue weighted by molar-refractivity contribution is 5.97. The second-order valence-corrected chi connectivity index (χ2v) is 8.72. The molecule has 2 aromatic carbocycles. The first-order valence-corrected chi connectivity index (χ1v) is 11.6. The number of piperidine rings is 1. The van der Waals surface area contributed by atoms with Crippen molar-refractivity contribution in [2.75, 3.05) is 39.8 Å². The molecule has 172 valence electrons. The monoisotopic (exact) mass is 445 g/mol. The van der Waals surface area contributed by atoms with E-state index in [1.54, 1.807) is 19.2 Å². The Morgan fingerprint density at radius 1 is 1.03 bits per heavy atom. The van der Waals surface area contributed by atoms with Crippen LogP contribution in [0.4, 0.5) is 0 Å². The molecule has 7 heteroatoms. The molecule has 0 spiro atoms. The number of ether oxygens (including phenoxy) is 1. The molecule has 2 aliphatic heterocycles. The number of amides is 1. The molecule has 1 amide bonds. The minimum Gasteiger partial charge on any atom is -0.496 e. The van der Waals surface area contributed by atoms with Gasteiger partial charge in [0.2, 0.25) is 12.2 Å². The molecule has 0 unspecified atom stereocenters. The molecule has 2 heterocycles. The molecule has 4 rings (SSSR count). The highest BCUT2D eigenvalue weighted by Gasteiger charge is 2.38. The summed E-state index contributed by atoms with van der Waals surface area (Å²) in [5, 5.41) is 12.4. The molecule has 2 aromatic rings. The zero-order valence-corrected chi connectivity index (χ0v) is 19.2. The van der Waals surface area contributed by atoms with Crippen LogP contribution in [0.5, 0.6) is 5.75 Å². The Morgan fingerprint density at radius 3 is 2.33 bits per heavy atom. The molecule has 0 saturated carbocycles. The van der Waals surface area contributed by atoms with Gasteiger partial charge in [-0.15, -0.1) is 4.99 Å². The van der Waals surface area contributed by atoms with Gasteiger partial charge in [0.1, 0.15) is 5.75 Å². The highest BCUT2D eigenvalue weighted by Crippen LogP contribution is 2.36. The van der Waals surface area contributed by atoms with Gasteiger partial charge in [0, 0.05) is 38.1 Å². The highest BCUT2D eigenvalue weighted by atomic mass is 16.5. The summed E-state index contributed by atoms with van der Waals surface area (Å²) in [6.45, 7) is 4.02. The van der Waals surface area contributed by atoms with Crippen LogP contribution in [0.1, 0.15) is 41.6 Å². The third-order valence-corrected chi connectivity index (χ3v) is 6.87. The second kappa shape index (κ2) is 10.4. The molecule has 7 nitrogen and oxygen atoms in total. The lowest BCUT2D eigenvalue weighted by atomic mass is 9.72. The Balaban J connectivity index is 1.51. The number of carbonyl (C=O) groups excluding carboxylic acids is 1. The summed E-state index contributed by atoms with van der Waals surface area (Å²) in [7, 11) is 1.58. The Labute approximate surface area is 195 Å². The fourth-order valence-corrected chi connectivity index (χ4v) is 4.97.